The lowest BCUT2D eigenvalue weighted by atomic mass is 10.2. The number of hydrogen-bond donors (Lipinski definition) is 1. The standard InChI is InChI=1S/C19H17FN2O2S/c1-12-17(25-19(21-12)15-5-3-4-6-16(15)20)11-18(23)22-13-7-9-14(24-2)10-8-13/h3-10H,11H2,1-2H3,(H,22,23). The molecule has 0 spiro atoms. The molecule has 1 amide bonds. The molecule has 1 N–H and O–H groups in total. The van der Waals surface area contributed by atoms with Crippen LogP contribution in [0.25, 0.3) is 10.6 Å². The second-order valence-electron chi connectivity index (χ2n) is 5.46. The number of amides is 1. The van der Waals surface area contributed by atoms with Gasteiger partial charge in [-0.25, -0.2) is 9.37 Å². The topological polar surface area (TPSA) is 51.2 Å². The van der Waals surface area contributed by atoms with Gasteiger partial charge in [0.05, 0.1) is 19.2 Å². The Labute approximate surface area is 149 Å². The smallest absolute Gasteiger partial charge is 0.229 e. The number of thiazole rings is 1. The van der Waals surface area contributed by atoms with Crippen molar-refractivity contribution in [1.82, 2.24) is 4.98 Å². The highest BCUT2D eigenvalue weighted by atomic mass is 32.1. The van der Waals surface area contributed by atoms with Gasteiger partial charge in [0.15, 0.2) is 0 Å². The summed E-state index contributed by atoms with van der Waals surface area (Å²) in [5.74, 6) is 0.272. The number of aromatic nitrogens is 1. The largest absolute Gasteiger partial charge is 0.497 e. The van der Waals surface area contributed by atoms with Crippen molar-refractivity contribution in [2.24, 2.45) is 0 Å². The maximum atomic E-state index is 13.9. The van der Waals surface area contributed by atoms with Crippen LogP contribution in [0.2, 0.25) is 0 Å². The van der Waals surface area contributed by atoms with Gasteiger partial charge in [-0.15, -0.1) is 11.3 Å². The van der Waals surface area contributed by atoms with Gasteiger partial charge in [0.1, 0.15) is 16.6 Å². The van der Waals surface area contributed by atoms with E-state index >= 15 is 0 Å². The zero-order valence-electron chi connectivity index (χ0n) is 13.9. The minimum atomic E-state index is -0.314. The van der Waals surface area contributed by atoms with E-state index in [2.05, 4.69) is 10.3 Å². The van der Waals surface area contributed by atoms with Crippen molar-refractivity contribution in [3.63, 3.8) is 0 Å². The quantitative estimate of drug-likeness (QED) is 0.735. The maximum absolute atomic E-state index is 13.9. The molecule has 0 aliphatic carbocycles. The number of benzene rings is 2. The van der Waals surface area contributed by atoms with E-state index in [1.807, 2.05) is 6.92 Å². The van der Waals surface area contributed by atoms with Gasteiger partial charge in [0, 0.05) is 16.1 Å². The van der Waals surface area contributed by atoms with E-state index < -0.39 is 0 Å². The molecule has 3 rings (SSSR count). The van der Waals surface area contributed by atoms with E-state index in [0.717, 1.165) is 16.3 Å². The number of carbonyl (C=O) groups excluding carboxylic acids is 1. The Morgan fingerprint density at radius 3 is 2.60 bits per heavy atom. The summed E-state index contributed by atoms with van der Waals surface area (Å²) in [6.45, 7) is 1.83. The second kappa shape index (κ2) is 7.44. The van der Waals surface area contributed by atoms with Crippen molar-refractivity contribution < 1.29 is 13.9 Å². The molecule has 0 radical (unpaired) electrons. The lowest BCUT2D eigenvalue weighted by Gasteiger charge is -2.05. The molecule has 3 aromatic rings. The van der Waals surface area contributed by atoms with Crippen molar-refractivity contribution in [3.05, 3.63) is 64.9 Å². The normalized spacial score (nSPS) is 10.5. The van der Waals surface area contributed by atoms with Gasteiger partial charge in [-0.05, 0) is 43.3 Å². The summed E-state index contributed by atoms with van der Waals surface area (Å²) in [5, 5.41) is 3.43. The summed E-state index contributed by atoms with van der Waals surface area (Å²) in [6.07, 6.45) is 0.198. The van der Waals surface area contributed by atoms with Crippen LogP contribution in [0.15, 0.2) is 48.5 Å². The number of methoxy groups -OCH3 is 1. The molecule has 0 saturated heterocycles. The van der Waals surface area contributed by atoms with E-state index in [0.29, 0.717) is 16.3 Å². The third kappa shape index (κ3) is 4.03. The summed E-state index contributed by atoms with van der Waals surface area (Å²) >= 11 is 1.34. The fourth-order valence-electron chi connectivity index (χ4n) is 2.37. The third-order valence-electron chi connectivity index (χ3n) is 3.69. The highest BCUT2D eigenvalue weighted by molar-refractivity contribution is 7.15. The number of carbonyl (C=O) groups is 1. The Balaban J connectivity index is 1.72. The number of hydrogen-bond acceptors (Lipinski definition) is 4. The third-order valence-corrected chi connectivity index (χ3v) is 4.88. The molecule has 0 aliphatic rings. The van der Waals surface area contributed by atoms with Gasteiger partial charge < -0.3 is 10.1 Å². The van der Waals surface area contributed by atoms with Gasteiger partial charge in [-0.3, -0.25) is 4.79 Å². The van der Waals surface area contributed by atoms with Crippen LogP contribution >= 0.6 is 11.3 Å². The lowest BCUT2D eigenvalue weighted by Crippen LogP contribution is -2.14. The summed E-state index contributed by atoms with van der Waals surface area (Å²) in [4.78, 5) is 17.5. The second-order valence-corrected chi connectivity index (χ2v) is 6.54. The minimum absolute atomic E-state index is 0.142. The SMILES string of the molecule is COc1ccc(NC(=O)Cc2sc(-c3ccccc3F)nc2C)cc1. The first-order valence-electron chi connectivity index (χ1n) is 7.72. The molecule has 0 atom stereocenters. The summed E-state index contributed by atoms with van der Waals surface area (Å²) in [7, 11) is 1.59. The summed E-state index contributed by atoms with van der Waals surface area (Å²) in [6, 6.07) is 13.6. The van der Waals surface area contributed by atoms with Crippen LogP contribution in [0, 0.1) is 12.7 Å². The van der Waals surface area contributed by atoms with Crippen molar-refractivity contribution in [3.8, 4) is 16.3 Å². The van der Waals surface area contributed by atoms with Crippen LogP contribution in [0.1, 0.15) is 10.6 Å². The Morgan fingerprint density at radius 1 is 1.20 bits per heavy atom. The van der Waals surface area contributed by atoms with E-state index in [1.54, 1.807) is 49.6 Å². The Kier molecular flexibility index (Phi) is 5.09. The molecule has 0 saturated carbocycles. The highest BCUT2D eigenvalue weighted by Crippen LogP contribution is 2.30. The van der Waals surface area contributed by atoms with Crippen molar-refractivity contribution >= 4 is 22.9 Å². The van der Waals surface area contributed by atoms with Crippen LogP contribution in [-0.4, -0.2) is 18.0 Å². The lowest BCUT2D eigenvalue weighted by molar-refractivity contribution is -0.115. The van der Waals surface area contributed by atoms with Crippen LogP contribution in [0.5, 0.6) is 5.75 Å². The Bertz CT molecular complexity index is 891. The zero-order chi connectivity index (χ0) is 17.8. The monoisotopic (exact) mass is 356 g/mol. The average Bonchev–Trinajstić information content (AvgIpc) is 2.96. The number of anilines is 1. The molecule has 0 unspecified atom stereocenters. The van der Waals surface area contributed by atoms with Gasteiger partial charge in [-0.2, -0.15) is 0 Å². The summed E-state index contributed by atoms with van der Waals surface area (Å²) < 4.78 is 19.0. The van der Waals surface area contributed by atoms with Gasteiger partial charge in [-0.1, -0.05) is 12.1 Å². The highest BCUT2D eigenvalue weighted by Gasteiger charge is 2.15. The Hall–Kier alpha value is -2.73. The first-order chi connectivity index (χ1) is 12.1. The maximum Gasteiger partial charge on any atom is 0.229 e. The number of aryl methyl sites for hydroxylation is 1. The van der Waals surface area contributed by atoms with Gasteiger partial charge in [0.2, 0.25) is 5.91 Å². The predicted molar refractivity (Wildman–Crippen MR) is 97.6 cm³/mol. The molecule has 25 heavy (non-hydrogen) atoms. The fourth-order valence-corrected chi connectivity index (χ4v) is 3.46. The predicted octanol–water partition coefficient (Wildman–Crippen LogP) is 4.45. The molecule has 0 aliphatic heterocycles. The van der Waals surface area contributed by atoms with Gasteiger partial charge in [0.25, 0.3) is 0 Å². The van der Waals surface area contributed by atoms with Crippen molar-refractivity contribution in [2.45, 2.75) is 13.3 Å². The van der Waals surface area contributed by atoms with Crippen molar-refractivity contribution in [1.29, 1.82) is 0 Å². The molecule has 4 nitrogen and oxygen atoms in total. The zero-order valence-corrected chi connectivity index (χ0v) is 14.7. The molecule has 1 aromatic heterocycles. The average molecular weight is 356 g/mol. The van der Waals surface area contributed by atoms with Crippen LogP contribution in [0.4, 0.5) is 10.1 Å². The molecule has 6 heteroatoms. The molecule has 1 heterocycles. The summed E-state index contributed by atoms with van der Waals surface area (Å²) in [5.41, 5.74) is 1.90. The first kappa shape index (κ1) is 17.1. The number of nitrogens with one attached hydrogen (secondary N) is 1. The molecular weight excluding hydrogens is 339 g/mol. The van der Waals surface area contributed by atoms with Crippen LogP contribution in [-0.2, 0) is 11.2 Å². The molecule has 0 fully saturated rings. The van der Waals surface area contributed by atoms with Crippen LogP contribution < -0.4 is 10.1 Å². The first-order valence-corrected chi connectivity index (χ1v) is 8.53. The minimum Gasteiger partial charge on any atom is -0.497 e. The fraction of sp³-hybridized carbons (Fsp3) is 0.158. The van der Waals surface area contributed by atoms with Gasteiger partial charge >= 0.3 is 0 Å². The Morgan fingerprint density at radius 2 is 1.92 bits per heavy atom. The van der Waals surface area contributed by atoms with E-state index in [9.17, 15) is 9.18 Å². The van der Waals surface area contributed by atoms with E-state index in [4.69, 9.17) is 4.74 Å². The molecule has 0 bridgehead atoms. The number of rotatable bonds is 5. The molecule has 2 aromatic carbocycles. The van der Waals surface area contributed by atoms with E-state index in [1.165, 1.54) is 17.4 Å². The number of ether oxygens (including phenoxy) is 1. The molecule has 128 valence electrons. The molecular formula is C19H17FN2O2S. The van der Waals surface area contributed by atoms with Crippen molar-refractivity contribution in [2.75, 3.05) is 12.4 Å². The number of nitrogens with zero attached hydrogens (tertiary/aromatic N) is 1. The van der Waals surface area contributed by atoms with E-state index in [-0.39, 0.29) is 18.1 Å². The van der Waals surface area contributed by atoms with Crippen LogP contribution in [0.3, 0.4) is 0 Å². The number of halogens is 1.